The highest BCUT2D eigenvalue weighted by Crippen LogP contribution is 2.22. The Morgan fingerprint density at radius 3 is 2.28 bits per heavy atom. The van der Waals surface area contributed by atoms with E-state index in [0.717, 1.165) is 0 Å². The Morgan fingerprint density at radius 2 is 1.66 bits per heavy atom. The van der Waals surface area contributed by atoms with Gasteiger partial charge in [0.1, 0.15) is 11.4 Å². The van der Waals surface area contributed by atoms with Gasteiger partial charge in [0.25, 0.3) is 5.91 Å². The van der Waals surface area contributed by atoms with Crippen LogP contribution in [0.4, 0.5) is 10.1 Å². The third-order valence-corrected chi connectivity index (χ3v) is 4.74. The molecule has 4 aromatic rings. The summed E-state index contributed by atoms with van der Waals surface area (Å²) in [6, 6.07) is 17.5. The van der Waals surface area contributed by atoms with Gasteiger partial charge in [0, 0.05) is 18.1 Å². The second-order valence-corrected chi connectivity index (χ2v) is 7.09. The second kappa shape index (κ2) is 7.75. The quantitative estimate of drug-likeness (QED) is 0.512. The number of nitrogens with zero attached hydrogens (tertiary/aromatic N) is 3. The molecule has 0 aliphatic rings. The van der Waals surface area contributed by atoms with Gasteiger partial charge >= 0.3 is 0 Å². The van der Waals surface area contributed by atoms with Crippen molar-refractivity contribution in [1.29, 1.82) is 0 Å². The number of benzene rings is 2. The highest BCUT2D eigenvalue weighted by molar-refractivity contribution is 6.06. The molecule has 0 spiro atoms. The van der Waals surface area contributed by atoms with Gasteiger partial charge in [-0.3, -0.25) is 4.79 Å². The molecule has 1 N–H and O–H groups in total. The van der Waals surface area contributed by atoms with Crippen molar-refractivity contribution >= 4 is 11.6 Å². The lowest BCUT2D eigenvalue weighted by atomic mass is 10.0. The summed E-state index contributed by atoms with van der Waals surface area (Å²) in [4.78, 5) is 13.0. The monoisotopic (exact) mass is 388 g/mol. The number of carbonyl (C=O) groups excluding carboxylic acids is 1. The third-order valence-electron chi connectivity index (χ3n) is 4.74. The zero-order valence-corrected chi connectivity index (χ0v) is 16.2. The maximum Gasteiger partial charge on any atom is 0.261 e. The molecule has 2 heterocycles. The van der Waals surface area contributed by atoms with Crippen molar-refractivity contribution in [3.8, 4) is 11.5 Å². The fourth-order valence-electron chi connectivity index (χ4n) is 3.15. The molecule has 0 aliphatic carbocycles. The first-order valence-corrected chi connectivity index (χ1v) is 9.41. The van der Waals surface area contributed by atoms with Gasteiger partial charge in [-0.15, -0.1) is 0 Å². The molecule has 29 heavy (non-hydrogen) atoms. The average molecular weight is 388 g/mol. The molecule has 0 atom stereocenters. The smallest absolute Gasteiger partial charge is 0.261 e. The fourth-order valence-corrected chi connectivity index (χ4v) is 3.15. The van der Waals surface area contributed by atoms with E-state index in [1.807, 2.05) is 53.4 Å². The summed E-state index contributed by atoms with van der Waals surface area (Å²) in [5.41, 5.74) is 3.00. The molecule has 0 saturated heterocycles. The van der Waals surface area contributed by atoms with Crippen molar-refractivity contribution in [2.24, 2.45) is 0 Å². The van der Waals surface area contributed by atoms with Crippen LogP contribution in [0.3, 0.4) is 0 Å². The van der Waals surface area contributed by atoms with Crippen LogP contribution in [0.15, 0.2) is 79.3 Å². The lowest BCUT2D eigenvalue weighted by Gasteiger charge is -2.12. The summed E-state index contributed by atoms with van der Waals surface area (Å²) in [5.74, 6) is 0.414. The number of nitrogens with one attached hydrogen (secondary N) is 1. The van der Waals surface area contributed by atoms with Crippen LogP contribution < -0.4 is 5.32 Å². The van der Waals surface area contributed by atoms with Gasteiger partial charge in [0.05, 0.1) is 11.9 Å². The van der Waals surface area contributed by atoms with Gasteiger partial charge in [-0.1, -0.05) is 26.0 Å². The summed E-state index contributed by atoms with van der Waals surface area (Å²) in [6.45, 7) is 4.25. The van der Waals surface area contributed by atoms with Gasteiger partial charge in [0.15, 0.2) is 5.82 Å². The van der Waals surface area contributed by atoms with E-state index in [4.69, 9.17) is 0 Å². The van der Waals surface area contributed by atoms with E-state index >= 15 is 0 Å². The molecule has 2 aromatic carbocycles. The average Bonchev–Trinajstić information content (AvgIpc) is 3.38. The Hall–Kier alpha value is -3.67. The highest BCUT2D eigenvalue weighted by atomic mass is 19.1. The largest absolute Gasteiger partial charge is 0.322 e. The first-order chi connectivity index (χ1) is 14.0. The first kappa shape index (κ1) is 18.7. The summed E-state index contributed by atoms with van der Waals surface area (Å²) in [5, 5.41) is 7.32. The van der Waals surface area contributed by atoms with Crippen LogP contribution in [-0.2, 0) is 0 Å². The number of aromatic nitrogens is 3. The minimum atomic E-state index is -0.328. The topological polar surface area (TPSA) is 51.9 Å². The number of halogens is 1. The van der Waals surface area contributed by atoms with Crippen molar-refractivity contribution in [2.75, 3.05) is 5.32 Å². The standard InChI is InChI=1S/C23H21FN4O/c1-16(2)17-5-9-19(10-6-17)26-22(29)21-15-25-28(20-11-7-18(24)8-12-20)23(21)27-13-3-4-14-27/h3-16H,1-2H3,(H,26,29). The first-order valence-electron chi connectivity index (χ1n) is 9.41. The molecule has 5 nitrogen and oxygen atoms in total. The zero-order chi connectivity index (χ0) is 20.4. The molecular weight excluding hydrogens is 367 g/mol. The van der Waals surface area contributed by atoms with Gasteiger partial charge in [0.2, 0.25) is 0 Å². The SMILES string of the molecule is CC(C)c1ccc(NC(=O)c2cnn(-c3ccc(F)cc3)c2-n2cccc2)cc1. The van der Waals surface area contributed by atoms with Crippen LogP contribution in [0.25, 0.3) is 11.5 Å². The molecule has 146 valence electrons. The zero-order valence-electron chi connectivity index (χ0n) is 16.2. The van der Waals surface area contributed by atoms with Gasteiger partial charge in [-0.2, -0.15) is 5.10 Å². The maximum atomic E-state index is 13.3. The molecule has 2 aromatic heterocycles. The van der Waals surface area contributed by atoms with Crippen molar-refractivity contribution < 1.29 is 9.18 Å². The van der Waals surface area contributed by atoms with E-state index in [0.29, 0.717) is 28.7 Å². The molecule has 0 aliphatic heterocycles. The Morgan fingerprint density at radius 1 is 1.00 bits per heavy atom. The fraction of sp³-hybridized carbons (Fsp3) is 0.130. The lowest BCUT2D eigenvalue weighted by Crippen LogP contribution is -2.15. The summed E-state index contributed by atoms with van der Waals surface area (Å²) >= 11 is 0. The normalized spacial score (nSPS) is 11.0. The molecule has 0 unspecified atom stereocenters. The summed E-state index contributed by atoms with van der Waals surface area (Å²) in [7, 11) is 0. The minimum Gasteiger partial charge on any atom is -0.322 e. The predicted octanol–water partition coefficient (Wildman–Crippen LogP) is 5.18. The van der Waals surface area contributed by atoms with Crippen LogP contribution in [0.2, 0.25) is 0 Å². The Balaban J connectivity index is 1.70. The van der Waals surface area contributed by atoms with E-state index in [2.05, 4.69) is 24.3 Å². The third kappa shape index (κ3) is 3.82. The van der Waals surface area contributed by atoms with E-state index in [-0.39, 0.29) is 11.7 Å². The van der Waals surface area contributed by atoms with Crippen LogP contribution in [0, 0.1) is 5.82 Å². The predicted molar refractivity (Wildman–Crippen MR) is 111 cm³/mol. The number of hydrogen-bond acceptors (Lipinski definition) is 2. The van der Waals surface area contributed by atoms with Crippen molar-refractivity contribution in [1.82, 2.24) is 14.3 Å². The van der Waals surface area contributed by atoms with Crippen molar-refractivity contribution in [3.05, 3.63) is 96.2 Å². The van der Waals surface area contributed by atoms with Gasteiger partial charge in [-0.05, 0) is 60.0 Å². The van der Waals surface area contributed by atoms with Crippen LogP contribution >= 0.6 is 0 Å². The van der Waals surface area contributed by atoms with Crippen LogP contribution in [0.1, 0.15) is 35.7 Å². The van der Waals surface area contributed by atoms with E-state index in [1.165, 1.54) is 23.9 Å². The van der Waals surface area contributed by atoms with Gasteiger partial charge in [-0.25, -0.2) is 9.07 Å². The number of carbonyl (C=O) groups is 1. The second-order valence-electron chi connectivity index (χ2n) is 7.09. The van der Waals surface area contributed by atoms with Crippen molar-refractivity contribution in [3.63, 3.8) is 0 Å². The highest BCUT2D eigenvalue weighted by Gasteiger charge is 2.20. The number of amides is 1. The van der Waals surface area contributed by atoms with Crippen molar-refractivity contribution in [2.45, 2.75) is 19.8 Å². The van der Waals surface area contributed by atoms with E-state index in [9.17, 15) is 9.18 Å². The van der Waals surface area contributed by atoms with Crippen LogP contribution in [-0.4, -0.2) is 20.3 Å². The summed E-state index contributed by atoms with van der Waals surface area (Å²) in [6.07, 6.45) is 5.20. The Bertz CT molecular complexity index is 1110. The molecule has 4 rings (SSSR count). The van der Waals surface area contributed by atoms with E-state index < -0.39 is 0 Å². The molecule has 0 fully saturated rings. The molecule has 0 saturated carbocycles. The van der Waals surface area contributed by atoms with Gasteiger partial charge < -0.3 is 9.88 Å². The molecular formula is C23H21FN4O. The maximum absolute atomic E-state index is 13.3. The molecule has 6 heteroatoms. The Kier molecular flexibility index (Phi) is 4.99. The molecule has 0 radical (unpaired) electrons. The van der Waals surface area contributed by atoms with E-state index in [1.54, 1.807) is 16.8 Å². The molecule has 1 amide bonds. The summed E-state index contributed by atoms with van der Waals surface area (Å²) < 4.78 is 16.8. The Labute approximate surface area is 168 Å². The number of hydrogen-bond donors (Lipinski definition) is 1. The van der Waals surface area contributed by atoms with Crippen LogP contribution in [0.5, 0.6) is 0 Å². The number of anilines is 1. The minimum absolute atomic E-state index is 0.264. The number of rotatable bonds is 5. The lowest BCUT2D eigenvalue weighted by molar-refractivity contribution is 0.102. The molecule has 0 bridgehead atoms.